The van der Waals surface area contributed by atoms with Crippen LogP contribution in [0.3, 0.4) is 0 Å². The van der Waals surface area contributed by atoms with Gasteiger partial charge in [0, 0.05) is 17.5 Å². The van der Waals surface area contributed by atoms with Crippen molar-refractivity contribution in [2.45, 2.75) is 37.7 Å². The molecule has 164 valence electrons. The fourth-order valence-electron chi connectivity index (χ4n) is 3.34. The summed E-state index contributed by atoms with van der Waals surface area (Å²) in [6, 6.07) is 8.39. The lowest BCUT2D eigenvalue weighted by Gasteiger charge is -2.30. The Kier molecular flexibility index (Phi) is 6.05. The van der Waals surface area contributed by atoms with E-state index in [4.69, 9.17) is 4.74 Å². The van der Waals surface area contributed by atoms with Crippen molar-refractivity contribution in [1.82, 2.24) is 14.5 Å². The molecule has 1 fully saturated rings. The number of aromatic nitrogens is 3. The van der Waals surface area contributed by atoms with Gasteiger partial charge in [-0.25, -0.2) is 14.2 Å². The SMILES string of the molecule is O=c1nc(N[C@H]2CCO[C@H](c3ccc(F)cc3)C2)ncn1Cc1ccc(C(F)(F)F)s1. The zero-order chi connectivity index (χ0) is 22.0. The molecule has 1 N–H and O–H groups in total. The molecule has 0 saturated carbocycles. The molecule has 6 nitrogen and oxygen atoms in total. The molecule has 1 aliphatic heterocycles. The molecule has 0 unspecified atom stereocenters. The van der Waals surface area contributed by atoms with E-state index in [1.165, 1.54) is 24.5 Å². The van der Waals surface area contributed by atoms with E-state index < -0.39 is 16.7 Å². The Bertz CT molecular complexity index is 1100. The first-order chi connectivity index (χ1) is 14.8. The summed E-state index contributed by atoms with van der Waals surface area (Å²) >= 11 is 0.582. The number of halogens is 4. The Morgan fingerprint density at radius 1 is 1.19 bits per heavy atom. The third-order valence-electron chi connectivity index (χ3n) is 4.89. The van der Waals surface area contributed by atoms with Gasteiger partial charge in [0.05, 0.1) is 12.6 Å². The number of anilines is 1. The molecule has 31 heavy (non-hydrogen) atoms. The van der Waals surface area contributed by atoms with Crippen LogP contribution in [0.15, 0.2) is 47.5 Å². The van der Waals surface area contributed by atoms with Crippen LogP contribution < -0.4 is 11.0 Å². The number of ether oxygens (including phenoxy) is 1. The van der Waals surface area contributed by atoms with Gasteiger partial charge in [-0.3, -0.25) is 4.57 Å². The van der Waals surface area contributed by atoms with Gasteiger partial charge in [-0.15, -0.1) is 11.3 Å². The highest BCUT2D eigenvalue weighted by Gasteiger charge is 2.32. The van der Waals surface area contributed by atoms with Crippen LogP contribution in [0.2, 0.25) is 0 Å². The second-order valence-electron chi connectivity index (χ2n) is 7.13. The molecule has 0 bridgehead atoms. The van der Waals surface area contributed by atoms with E-state index in [0.717, 1.165) is 16.2 Å². The smallest absolute Gasteiger partial charge is 0.373 e. The van der Waals surface area contributed by atoms with E-state index in [2.05, 4.69) is 15.3 Å². The highest BCUT2D eigenvalue weighted by Crippen LogP contribution is 2.34. The summed E-state index contributed by atoms with van der Waals surface area (Å²) in [5.74, 6) is -0.173. The predicted molar refractivity (Wildman–Crippen MR) is 106 cm³/mol. The Balaban J connectivity index is 1.40. The highest BCUT2D eigenvalue weighted by molar-refractivity contribution is 7.12. The summed E-state index contributed by atoms with van der Waals surface area (Å²) < 4.78 is 58.2. The minimum Gasteiger partial charge on any atom is -0.373 e. The molecule has 4 rings (SSSR count). The minimum absolute atomic E-state index is 0.0379. The summed E-state index contributed by atoms with van der Waals surface area (Å²) in [6.45, 7) is 0.445. The van der Waals surface area contributed by atoms with Crippen molar-refractivity contribution in [2.75, 3.05) is 11.9 Å². The Labute approximate surface area is 178 Å². The normalized spacial score (nSPS) is 19.4. The summed E-state index contributed by atoms with van der Waals surface area (Å²) in [7, 11) is 0. The average molecular weight is 454 g/mol. The minimum atomic E-state index is -4.41. The zero-order valence-electron chi connectivity index (χ0n) is 16.1. The van der Waals surface area contributed by atoms with Gasteiger partial charge in [-0.2, -0.15) is 18.2 Å². The van der Waals surface area contributed by atoms with Gasteiger partial charge < -0.3 is 10.1 Å². The van der Waals surface area contributed by atoms with Gasteiger partial charge in [-0.05, 0) is 42.7 Å². The molecule has 3 aromatic rings. The molecule has 1 aromatic carbocycles. The molecule has 2 atom stereocenters. The number of rotatable bonds is 5. The van der Waals surface area contributed by atoms with Crippen LogP contribution in [0.1, 0.15) is 34.3 Å². The number of hydrogen-bond donors (Lipinski definition) is 1. The molecule has 11 heteroatoms. The van der Waals surface area contributed by atoms with Crippen LogP contribution in [0.4, 0.5) is 23.5 Å². The number of nitrogens with zero attached hydrogens (tertiary/aromatic N) is 3. The lowest BCUT2D eigenvalue weighted by atomic mass is 9.97. The van der Waals surface area contributed by atoms with Crippen molar-refractivity contribution in [3.63, 3.8) is 0 Å². The molecular formula is C20H18F4N4O2S. The van der Waals surface area contributed by atoms with Gasteiger partial charge in [-0.1, -0.05) is 12.1 Å². The molecule has 1 aliphatic rings. The van der Waals surface area contributed by atoms with Crippen molar-refractivity contribution in [2.24, 2.45) is 0 Å². The Hall–Kier alpha value is -2.79. The van der Waals surface area contributed by atoms with Gasteiger partial charge in [0.15, 0.2) is 0 Å². The van der Waals surface area contributed by atoms with Crippen LogP contribution in [-0.2, 0) is 17.5 Å². The van der Waals surface area contributed by atoms with Crippen LogP contribution >= 0.6 is 11.3 Å². The number of thiophene rings is 1. The third kappa shape index (κ3) is 5.28. The first kappa shape index (κ1) is 21.4. The summed E-state index contributed by atoms with van der Waals surface area (Å²) in [4.78, 5) is 20.0. The second kappa shape index (κ2) is 8.75. The lowest BCUT2D eigenvalue weighted by molar-refractivity contribution is -0.134. The van der Waals surface area contributed by atoms with Gasteiger partial charge >= 0.3 is 11.9 Å². The number of alkyl halides is 3. The summed E-state index contributed by atoms with van der Waals surface area (Å²) in [5, 5.41) is 3.11. The van der Waals surface area contributed by atoms with Crippen molar-refractivity contribution in [3.8, 4) is 0 Å². The lowest BCUT2D eigenvalue weighted by Crippen LogP contribution is -2.32. The maximum atomic E-state index is 13.1. The van der Waals surface area contributed by atoms with Gasteiger partial charge in [0.2, 0.25) is 5.95 Å². The molecule has 0 aliphatic carbocycles. The van der Waals surface area contributed by atoms with E-state index in [0.29, 0.717) is 35.7 Å². The molecule has 1 saturated heterocycles. The number of hydrogen-bond acceptors (Lipinski definition) is 6. The maximum absolute atomic E-state index is 13.1. The van der Waals surface area contributed by atoms with E-state index in [-0.39, 0.29) is 30.5 Å². The standard InChI is InChI=1S/C20H18F4N4O2S/c21-13-3-1-12(2-4-13)16-9-14(7-8-30-16)26-18-25-11-28(19(29)27-18)10-15-5-6-17(31-15)20(22,23)24/h1-6,11,14,16H,7-10H2,(H,26,27,29)/t14-,16-/m0/s1. The molecular weight excluding hydrogens is 436 g/mol. The van der Waals surface area contributed by atoms with E-state index in [1.807, 2.05) is 0 Å². The number of nitrogens with one attached hydrogen (secondary N) is 1. The van der Waals surface area contributed by atoms with Crippen LogP contribution in [0.25, 0.3) is 0 Å². The fraction of sp³-hybridized carbons (Fsp3) is 0.350. The largest absolute Gasteiger partial charge is 0.425 e. The first-order valence-corrected chi connectivity index (χ1v) is 10.3. The molecule has 0 spiro atoms. The average Bonchev–Trinajstić information content (AvgIpc) is 3.20. The second-order valence-corrected chi connectivity index (χ2v) is 8.30. The van der Waals surface area contributed by atoms with Crippen molar-refractivity contribution in [1.29, 1.82) is 0 Å². The van der Waals surface area contributed by atoms with Crippen molar-refractivity contribution in [3.05, 3.63) is 74.3 Å². The first-order valence-electron chi connectivity index (χ1n) is 9.51. The zero-order valence-corrected chi connectivity index (χ0v) is 16.9. The third-order valence-corrected chi connectivity index (χ3v) is 6.01. The molecule has 3 heterocycles. The van der Waals surface area contributed by atoms with Crippen LogP contribution in [-0.4, -0.2) is 27.2 Å². The van der Waals surface area contributed by atoms with E-state index in [1.54, 1.807) is 12.1 Å². The maximum Gasteiger partial charge on any atom is 0.425 e. The monoisotopic (exact) mass is 454 g/mol. The van der Waals surface area contributed by atoms with Crippen molar-refractivity contribution < 1.29 is 22.3 Å². The molecule has 2 aromatic heterocycles. The van der Waals surface area contributed by atoms with Gasteiger partial charge in [0.1, 0.15) is 17.0 Å². The topological polar surface area (TPSA) is 69.0 Å². The summed E-state index contributed by atoms with van der Waals surface area (Å²) in [5.41, 5.74) is 0.250. The Morgan fingerprint density at radius 3 is 2.65 bits per heavy atom. The van der Waals surface area contributed by atoms with E-state index in [9.17, 15) is 22.4 Å². The predicted octanol–water partition coefficient (Wildman–Crippen LogP) is 4.24. The number of benzene rings is 1. The fourth-order valence-corrected chi connectivity index (χ4v) is 4.21. The van der Waals surface area contributed by atoms with Crippen LogP contribution in [0.5, 0.6) is 0 Å². The summed E-state index contributed by atoms with van der Waals surface area (Å²) in [6.07, 6.45) is -2.09. The Morgan fingerprint density at radius 2 is 1.97 bits per heavy atom. The van der Waals surface area contributed by atoms with Gasteiger partial charge in [0.25, 0.3) is 0 Å². The van der Waals surface area contributed by atoms with Crippen molar-refractivity contribution >= 4 is 17.3 Å². The van der Waals surface area contributed by atoms with Crippen LogP contribution in [0, 0.1) is 5.82 Å². The molecule has 0 radical (unpaired) electrons. The van der Waals surface area contributed by atoms with E-state index >= 15 is 0 Å². The quantitative estimate of drug-likeness (QED) is 0.584. The highest BCUT2D eigenvalue weighted by atomic mass is 32.1. The molecule has 0 amide bonds.